The quantitative estimate of drug-likeness (QED) is 0.616. The standard InChI is InChI=1S/C20H18N4/c21-20-23(14-16-7-2-1-3-8-16)18-10-4-5-11-19(18)24(20)15-17-9-6-12-22-13-17/h1-13,21H,14-15H2. The first-order valence-corrected chi connectivity index (χ1v) is 7.98. The van der Waals surface area contributed by atoms with E-state index in [-0.39, 0.29) is 0 Å². The minimum absolute atomic E-state index is 0.504. The predicted octanol–water partition coefficient (Wildman–Crippen LogP) is 3.41. The lowest BCUT2D eigenvalue weighted by molar-refractivity contribution is 0.663. The van der Waals surface area contributed by atoms with Crippen LogP contribution in [0.3, 0.4) is 0 Å². The van der Waals surface area contributed by atoms with Crippen molar-refractivity contribution in [1.82, 2.24) is 14.1 Å². The number of hydrogen-bond donors (Lipinski definition) is 1. The number of aromatic nitrogens is 3. The SMILES string of the molecule is N=c1n(Cc2ccccc2)c2ccccc2n1Cc1cccnc1. The van der Waals surface area contributed by atoms with Gasteiger partial charge in [0.2, 0.25) is 5.62 Å². The maximum absolute atomic E-state index is 8.68. The summed E-state index contributed by atoms with van der Waals surface area (Å²) in [6.45, 7) is 1.34. The molecule has 2 aromatic carbocycles. The number of nitrogens with zero attached hydrogens (tertiary/aromatic N) is 3. The lowest BCUT2D eigenvalue weighted by atomic mass is 10.2. The number of fused-ring (bicyclic) bond motifs is 1. The summed E-state index contributed by atoms with van der Waals surface area (Å²) in [5.74, 6) is 0. The summed E-state index contributed by atoms with van der Waals surface area (Å²) in [5, 5.41) is 8.68. The normalized spacial score (nSPS) is 11.0. The Labute approximate surface area is 140 Å². The van der Waals surface area contributed by atoms with E-state index in [9.17, 15) is 0 Å². The van der Waals surface area contributed by atoms with Gasteiger partial charge in [-0.1, -0.05) is 48.5 Å². The Morgan fingerprint density at radius 2 is 1.29 bits per heavy atom. The van der Waals surface area contributed by atoms with Gasteiger partial charge in [0, 0.05) is 12.4 Å². The molecule has 0 amide bonds. The van der Waals surface area contributed by atoms with Crippen molar-refractivity contribution in [2.45, 2.75) is 13.1 Å². The first kappa shape index (κ1) is 14.5. The molecular weight excluding hydrogens is 296 g/mol. The highest BCUT2D eigenvalue weighted by atomic mass is 15.2. The molecule has 4 heteroatoms. The van der Waals surface area contributed by atoms with Gasteiger partial charge in [-0.15, -0.1) is 0 Å². The van der Waals surface area contributed by atoms with Gasteiger partial charge in [0.05, 0.1) is 24.1 Å². The van der Waals surface area contributed by atoms with Crippen molar-refractivity contribution in [3.63, 3.8) is 0 Å². The largest absolute Gasteiger partial charge is 0.306 e. The highest BCUT2D eigenvalue weighted by Crippen LogP contribution is 2.15. The molecule has 0 radical (unpaired) electrons. The van der Waals surface area contributed by atoms with Crippen LogP contribution in [-0.4, -0.2) is 14.1 Å². The van der Waals surface area contributed by atoms with Crippen LogP contribution in [0.2, 0.25) is 0 Å². The van der Waals surface area contributed by atoms with Crippen LogP contribution < -0.4 is 5.62 Å². The van der Waals surface area contributed by atoms with Gasteiger partial charge in [-0.05, 0) is 29.3 Å². The van der Waals surface area contributed by atoms with E-state index in [4.69, 9.17) is 5.41 Å². The van der Waals surface area contributed by atoms with Crippen molar-refractivity contribution in [3.05, 3.63) is 95.9 Å². The zero-order valence-electron chi connectivity index (χ0n) is 13.3. The fourth-order valence-electron chi connectivity index (χ4n) is 3.05. The molecule has 4 nitrogen and oxygen atoms in total. The third-order valence-corrected chi connectivity index (χ3v) is 4.22. The average Bonchev–Trinajstić information content (AvgIpc) is 2.90. The van der Waals surface area contributed by atoms with E-state index in [0.29, 0.717) is 18.7 Å². The van der Waals surface area contributed by atoms with Gasteiger partial charge in [-0.25, -0.2) is 0 Å². The molecule has 0 bridgehead atoms. The number of para-hydroxylation sites is 2. The Hall–Kier alpha value is -3.14. The first-order chi connectivity index (χ1) is 11.8. The third-order valence-electron chi connectivity index (χ3n) is 4.22. The molecule has 4 aromatic rings. The van der Waals surface area contributed by atoms with Gasteiger partial charge in [0.25, 0.3) is 0 Å². The maximum atomic E-state index is 8.68. The van der Waals surface area contributed by atoms with E-state index in [1.807, 2.05) is 53.2 Å². The Bertz CT molecular complexity index is 932. The highest BCUT2D eigenvalue weighted by Gasteiger charge is 2.11. The van der Waals surface area contributed by atoms with E-state index < -0.39 is 0 Å². The van der Waals surface area contributed by atoms with Crippen LogP contribution in [0.15, 0.2) is 79.1 Å². The van der Waals surface area contributed by atoms with Crippen LogP contribution in [0, 0.1) is 5.41 Å². The fourth-order valence-corrected chi connectivity index (χ4v) is 3.05. The fraction of sp³-hybridized carbons (Fsp3) is 0.100. The molecule has 24 heavy (non-hydrogen) atoms. The zero-order valence-corrected chi connectivity index (χ0v) is 13.3. The second kappa shape index (κ2) is 6.16. The van der Waals surface area contributed by atoms with Crippen LogP contribution >= 0.6 is 0 Å². The van der Waals surface area contributed by atoms with Crippen molar-refractivity contribution < 1.29 is 0 Å². The third kappa shape index (κ3) is 2.63. The summed E-state index contributed by atoms with van der Waals surface area (Å²) >= 11 is 0. The summed E-state index contributed by atoms with van der Waals surface area (Å²) in [4.78, 5) is 4.18. The zero-order chi connectivity index (χ0) is 16.4. The molecule has 2 heterocycles. The molecule has 0 aliphatic heterocycles. The summed E-state index contributed by atoms with van der Waals surface area (Å²) in [6, 6.07) is 22.5. The van der Waals surface area contributed by atoms with Crippen molar-refractivity contribution in [2.75, 3.05) is 0 Å². The smallest absolute Gasteiger partial charge is 0.203 e. The molecule has 0 unspecified atom stereocenters. The number of nitrogens with one attached hydrogen (secondary N) is 1. The Balaban J connectivity index is 1.83. The lowest BCUT2D eigenvalue weighted by Gasteiger charge is -2.05. The Morgan fingerprint density at radius 1 is 0.708 bits per heavy atom. The molecule has 2 aromatic heterocycles. The molecule has 0 aliphatic carbocycles. The van der Waals surface area contributed by atoms with Crippen LogP contribution in [0.4, 0.5) is 0 Å². The highest BCUT2D eigenvalue weighted by molar-refractivity contribution is 5.76. The molecule has 0 fully saturated rings. The number of pyridine rings is 1. The lowest BCUT2D eigenvalue weighted by Crippen LogP contribution is -2.25. The number of hydrogen-bond acceptors (Lipinski definition) is 2. The summed E-state index contributed by atoms with van der Waals surface area (Å²) in [5.41, 5.74) is 4.94. The minimum Gasteiger partial charge on any atom is -0.306 e. The Kier molecular flexibility index (Phi) is 3.71. The van der Waals surface area contributed by atoms with E-state index in [2.05, 4.69) is 33.8 Å². The molecule has 118 valence electrons. The monoisotopic (exact) mass is 314 g/mol. The topological polar surface area (TPSA) is 46.6 Å². The second-order valence-electron chi connectivity index (χ2n) is 5.83. The molecule has 0 saturated heterocycles. The van der Waals surface area contributed by atoms with Gasteiger partial charge in [-0.2, -0.15) is 0 Å². The van der Waals surface area contributed by atoms with E-state index in [0.717, 1.165) is 16.6 Å². The molecule has 0 aliphatic rings. The van der Waals surface area contributed by atoms with Gasteiger partial charge < -0.3 is 9.13 Å². The first-order valence-electron chi connectivity index (χ1n) is 7.98. The molecule has 1 N–H and O–H groups in total. The number of imidazole rings is 1. The van der Waals surface area contributed by atoms with Crippen molar-refractivity contribution in [2.24, 2.45) is 0 Å². The van der Waals surface area contributed by atoms with E-state index in [1.165, 1.54) is 5.56 Å². The minimum atomic E-state index is 0.504. The van der Waals surface area contributed by atoms with Gasteiger partial charge >= 0.3 is 0 Å². The van der Waals surface area contributed by atoms with Gasteiger partial charge in [0.15, 0.2) is 0 Å². The van der Waals surface area contributed by atoms with E-state index in [1.54, 1.807) is 6.20 Å². The van der Waals surface area contributed by atoms with Crippen LogP contribution in [0.25, 0.3) is 11.0 Å². The van der Waals surface area contributed by atoms with Crippen molar-refractivity contribution in [3.8, 4) is 0 Å². The molecule has 4 rings (SSSR count). The summed E-state index contributed by atoms with van der Waals surface area (Å²) in [7, 11) is 0. The summed E-state index contributed by atoms with van der Waals surface area (Å²) in [6.07, 6.45) is 3.63. The molecular formula is C20H18N4. The predicted molar refractivity (Wildman–Crippen MR) is 94.7 cm³/mol. The van der Waals surface area contributed by atoms with Crippen molar-refractivity contribution >= 4 is 11.0 Å². The Morgan fingerprint density at radius 3 is 1.92 bits per heavy atom. The van der Waals surface area contributed by atoms with Crippen LogP contribution in [0.5, 0.6) is 0 Å². The molecule has 0 atom stereocenters. The van der Waals surface area contributed by atoms with Gasteiger partial charge in [0.1, 0.15) is 0 Å². The summed E-state index contributed by atoms with van der Waals surface area (Å²) < 4.78 is 4.09. The second-order valence-corrected chi connectivity index (χ2v) is 5.83. The molecule has 0 saturated carbocycles. The van der Waals surface area contributed by atoms with Gasteiger partial charge in [-0.3, -0.25) is 10.4 Å². The van der Waals surface area contributed by atoms with E-state index >= 15 is 0 Å². The van der Waals surface area contributed by atoms with Crippen LogP contribution in [-0.2, 0) is 13.1 Å². The maximum Gasteiger partial charge on any atom is 0.203 e. The number of benzene rings is 2. The number of rotatable bonds is 4. The van der Waals surface area contributed by atoms with Crippen LogP contribution in [0.1, 0.15) is 11.1 Å². The van der Waals surface area contributed by atoms with Crippen molar-refractivity contribution in [1.29, 1.82) is 5.41 Å². The average molecular weight is 314 g/mol. The molecule has 0 spiro atoms.